The zero-order valence-corrected chi connectivity index (χ0v) is 28.9. The molecule has 0 saturated carbocycles. The van der Waals surface area contributed by atoms with E-state index >= 15 is 0 Å². The molecule has 10 aromatic rings. The number of fused-ring (bicyclic) bond motifs is 6. The number of rotatable bonds is 6. The summed E-state index contributed by atoms with van der Waals surface area (Å²) in [5.41, 5.74) is 7.01. The van der Waals surface area contributed by atoms with Crippen molar-refractivity contribution in [3.05, 3.63) is 200 Å². The van der Waals surface area contributed by atoms with Crippen molar-refractivity contribution < 1.29 is 0 Å². The fourth-order valence-corrected chi connectivity index (χ4v) is 13.2. The van der Waals surface area contributed by atoms with Crippen molar-refractivity contribution >= 4 is 72.4 Å². The summed E-state index contributed by atoms with van der Waals surface area (Å²) >= 11 is 0. The molecule has 3 aromatic heterocycles. The van der Waals surface area contributed by atoms with Gasteiger partial charge in [-0.05, 0) is 69.3 Å². The van der Waals surface area contributed by atoms with Crippen molar-refractivity contribution in [1.82, 2.24) is 14.1 Å². The number of aromatic nitrogens is 3. The first-order chi connectivity index (χ1) is 25.3. The summed E-state index contributed by atoms with van der Waals surface area (Å²) in [5.74, 6) is 0. The lowest BCUT2D eigenvalue weighted by molar-refractivity contribution is 1.17. The predicted molar refractivity (Wildman–Crippen MR) is 217 cm³/mol. The molecule has 0 unspecified atom stereocenters. The molecule has 0 spiro atoms. The largest absolute Gasteiger partial charge is 0.309 e. The summed E-state index contributed by atoms with van der Waals surface area (Å²) in [6.45, 7) is 0. The Morgan fingerprint density at radius 2 is 0.824 bits per heavy atom. The standard InChI is InChI=1S/C47H33N3Si/c1-4-15-34(16-5-1)49-46-28-27-39(32-43(46)42-29-30-48-33-47(42)49)51(36-18-6-2-7-19-36,37-20-8-3-9-21-37)38-22-14-17-35(31-38)50-44-25-12-10-23-40(44)41-24-11-13-26-45(41)50/h1-33H. The van der Waals surface area contributed by atoms with Crippen LogP contribution in [-0.4, -0.2) is 22.2 Å². The van der Waals surface area contributed by atoms with Crippen molar-refractivity contribution in [2.45, 2.75) is 0 Å². The lowest BCUT2D eigenvalue weighted by Crippen LogP contribution is -2.74. The Balaban J connectivity index is 1.30. The topological polar surface area (TPSA) is 22.8 Å². The molecule has 7 aromatic carbocycles. The Kier molecular flexibility index (Phi) is 6.83. The maximum absolute atomic E-state index is 4.57. The van der Waals surface area contributed by atoms with E-state index in [1.54, 1.807) is 0 Å². The molecule has 0 aliphatic rings. The van der Waals surface area contributed by atoms with Crippen molar-refractivity contribution in [3.8, 4) is 11.4 Å². The van der Waals surface area contributed by atoms with Crippen LogP contribution in [0.5, 0.6) is 0 Å². The van der Waals surface area contributed by atoms with Gasteiger partial charge in [0.1, 0.15) is 0 Å². The number of nitrogens with zero attached hydrogens (tertiary/aromatic N) is 3. The Bertz CT molecular complexity index is 2760. The summed E-state index contributed by atoms with van der Waals surface area (Å²) in [5, 5.41) is 10.4. The maximum Gasteiger partial charge on any atom is 0.179 e. The SMILES string of the molecule is c1ccc(-n2c3ccc([Si](c4ccccc4)(c4ccccc4)c4cccc(-n5c6ccccc6c6ccccc65)c4)cc3c3ccncc32)cc1. The van der Waals surface area contributed by atoms with Gasteiger partial charge in [-0.15, -0.1) is 0 Å². The molecule has 4 heteroatoms. The van der Waals surface area contributed by atoms with Crippen LogP contribution in [0.4, 0.5) is 0 Å². The quantitative estimate of drug-likeness (QED) is 0.129. The fraction of sp³-hybridized carbons (Fsp3) is 0. The average molecular weight is 668 g/mol. The van der Waals surface area contributed by atoms with Crippen LogP contribution < -0.4 is 20.7 Å². The van der Waals surface area contributed by atoms with Crippen LogP contribution in [0, 0.1) is 0 Å². The molecule has 10 rings (SSSR count). The highest BCUT2D eigenvalue weighted by Crippen LogP contribution is 2.33. The fourth-order valence-electron chi connectivity index (χ4n) is 8.41. The van der Waals surface area contributed by atoms with Gasteiger partial charge in [-0.2, -0.15) is 0 Å². The molecule has 3 nitrogen and oxygen atoms in total. The first-order valence-corrected chi connectivity index (χ1v) is 19.5. The number of hydrogen-bond acceptors (Lipinski definition) is 1. The van der Waals surface area contributed by atoms with E-state index in [2.05, 4.69) is 202 Å². The van der Waals surface area contributed by atoms with Gasteiger partial charge in [0.15, 0.2) is 8.07 Å². The van der Waals surface area contributed by atoms with Crippen LogP contribution in [0.2, 0.25) is 0 Å². The molecule has 0 aliphatic heterocycles. The monoisotopic (exact) mass is 667 g/mol. The Morgan fingerprint density at radius 1 is 0.333 bits per heavy atom. The lowest BCUT2D eigenvalue weighted by Gasteiger charge is -2.35. The molecule has 240 valence electrons. The first kappa shape index (κ1) is 29.4. The Morgan fingerprint density at radius 3 is 1.49 bits per heavy atom. The second kappa shape index (κ2) is 11.8. The van der Waals surface area contributed by atoms with Crippen LogP contribution in [-0.2, 0) is 0 Å². The number of hydrogen-bond donors (Lipinski definition) is 0. The first-order valence-electron chi connectivity index (χ1n) is 17.5. The second-order valence-corrected chi connectivity index (χ2v) is 17.0. The highest BCUT2D eigenvalue weighted by molar-refractivity contribution is 7.20. The van der Waals surface area contributed by atoms with Gasteiger partial charge in [-0.3, -0.25) is 4.98 Å². The van der Waals surface area contributed by atoms with Gasteiger partial charge in [-0.25, -0.2) is 0 Å². The normalized spacial score (nSPS) is 11.9. The summed E-state index contributed by atoms with van der Waals surface area (Å²) in [6.07, 6.45) is 3.91. The minimum absolute atomic E-state index is 1.11. The lowest BCUT2D eigenvalue weighted by atomic mass is 10.2. The Hall–Kier alpha value is -6.49. The highest BCUT2D eigenvalue weighted by Gasteiger charge is 2.42. The zero-order valence-electron chi connectivity index (χ0n) is 27.9. The van der Waals surface area contributed by atoms with E-state index in [-0.39, 0.29) is 0 Å². The molecule has 0 radical (unpaired) electrons. The third-order valence-corrected chi connectivity index (χ3v) is 15.3. The third kappa shape index (κ3) is 4.47. The van der Waals surface area contributed by atoms with Gasteiger partial charge in [0, 0.05) is 39.1 Å². The number of para-hydroxylation sites is 3. The van der Waals surface area contributed by atoms with Crippen molar-refractivity contribution in [3.63, 3.8) is 0 Å². The molecule has 0 amide bonds. The van der Waals surface area contributed by atoms with Crippen LogP contribution in [0.1, 0.15) is 0 Å². The van der Waals surface area contributed by atoms with Gasteiger partial charge in [0.25, 0.3) is 0 Å². The van der Waals surface area contributed by atoms with Crippen molar-refractivity contribution in [2.24, 2.45) is 0 Å². The molecule has 3 heterocycles. The maximum atomic E-state index is 4.57. The predicted octanol–water partition coefficient (Wildman–Crippen LogP) is 8.65. The molecule has 0 N–H and O–H groups in total. The van der Waals surface area contributed by atoms with Gasteiger partial charge in [0.2, 0.25) is 0 Å². The summed E-state index contributed by atoms with van der Waals surface area (Å²) in [7, 11) is -2.89. The van der Waals surface area contributed by atoms with E-state index in [0.29, 0.717) is 0 Å². The van der Waals surface area contributed by atoms with Crippen LogP contribution in [0.25, 0.3) is 55.0 Å². The van der Waals surface area contributed by atoms with E-state index in [0.717, 1.165) is 11.2 Å². The number of pyridine rings is 1. The number of benzene rings is 7. The third-order valence-electron chi connectivity index (χ3n) is 10.5. The van der Waals surface area contributed by atoms with Crippen LogP contribution in [0.15, 0.2) is 200 Å². The summed E-state index contributed by atoms with van der Waals surface area (Å²) in [4.78, 5) is 4.57. The van der Waals surface area contributed by atoms with E-state index in [4.69, 9.17) is 0 Å². The van der Waals surface area contributed by atoms with Gasteiger partial charge >= 0.3 is 0 Å². The molecular formula is C47H33N3Si. The smallest absolute Gasteiger partial charge is 0.179 e. The van der Waals surface area contributed by atoms with E-state index in [1.807, 2.05) is 12.4 Å². The molecule has 0 atom stereocenters. The average Bonchev–Trinajstić information content (AvgIpc) is 3.72. The molecule has 51 heavy (non-hydrogen) atoms. The van der Waals surface area contributed by atoms with Gasteiger partial charge < -0.3 is 9.13 Å². The van der Waals surface area contributed by atoms with E-state index in [9.17, 15) is 0 Å². The molecule has 0 bridgehead atoms. The molecular weight excluding hydrogens is 635 g/mol. The molecule has 0 saturated heterocycles. The van der Waals surface area contributed by atoms with E-state index in [1.165, 1.54) is 64.5 Å². The molecule has 0 aliphatic carbocycles. The minimum atomic E-state index is -2.89. The summed E-state index contributed by atoms with van der Waals surface area (Å²) in [6, 6.07) is 69.3. The Labute approximate surface area is 297 Å². The highest BCUT2D eigenvalue weighted by atomic mass is 28.3. The van der Waals surface area contributed by atoms with Crippen molar-refractivity contribution in [1.29, 1.82) is 0 Å². The van der Waals surface area contributed by atoms with Crippen LogP contribution in [0.3, 0.4) is 0 Å². The molecule has 0 fully saturated rings. The summed E-state index contributed by atoms with van der Waals surface area (Å²) < 4.78 is 4.78. The van der Waals surface area contributed by atoms with Crippen molar-refractivity contribution in [2.75, 3.05) is 0 Å². The van der Waals surface area contributed by atoms with Gasteiger partial charge in [0.05, 0.1) is 28.3 Å². The van der Waals surface area contributed by atoms with Crippen LogP contribution >= 0.6 is 0 Å². The minimum Gasteiger partial charge on any atom is -0.309 e. The second-order valence-electron chi connectivity index (χ2n) is 13.2. The van der Waals surface area contributed by atoms with E-state index < -0.39 is 8.07 Å². The zero-order chi connectivity index (χ0) is 33.8. The van der Waals surface area contributed by atoms with Gasteiger partial charge in [-0.1, -0.05) is 140 Å².